The number of benzene rings is 1. The predicted molar refractivity (Wildman–Crippen MR) is 66.5 cm³/mol. The highest BCUT2D eigenvalue weighted by atomic mass is 16.2. The van der Waals surface area contributed by atoms with E-state index < -0.39 is 0 Å². The molecule has 3 rings (SSSR count). The van der Waals surface area contributed by atoms with Crippen molar-refractivity contribution in [1.29, 1.82) is 0 Å². The Bertz CT molecular complexity index is 645. The average molecular weight is 241 g/mol. The highest BCUT2D eigenvalue weighted by Gasteiger charge is 2.24. The number of likely N-dealkylation sites (N-methyl/N-ethyl adjacent to an activating group) is 1. The molecule has 0 aliphatic carbocycles. The molecule has 5 nitrogen and oxygen atoms in total. The Morgan fingerprint density at radius 1 is 1.44 bits per heavy atom. The second-order valence-electron chi connectivity index (χ2n) is 4.29. The maximum absolute atomic E-state index is 11.6. The van der Waals surface area contributed by atoms with Gasteiger partial charge in [-0.3, -0.25) is 14.7 Å². The van der Waals surface area contributed by atoms with Crippen molar-refractivity contribution >= 4 is 17.9 Å². The van der Waals surface area contributed by atoms with Crippen LogP contribution < -0.4 is 4.90 Å². The van der Waals surface area contributed by atoms with Gasteiger partial charge in [0.25, 0.3) is 0 Å². The van der Waals surface area contributed by atoms with Gasteiger partial charge in [0.2, 0.25) is 5.91 Å². The molecule has 0 bridgehead atoms. The van der Waals surface area contributed by atoms with E-state index >= 15 is 0 Å². The van der Waals surface area contributed by atoms with Gasteiger partial charge in [0.1, 0.15) is 0 Å². The van der Waals surface area contributed by atoms with Crippen LogP contribution in [0.4, 0.5) is 5.69 Å². The minimum absolute atomic E-state index is 0.0855. The number of aldehydes is 1. The number of nitrogens with one attached hydrogen (secondary N) is 1. The van der Waals surface area contributed by atoms with Gasteiger partial charge in [0.15, 0.2) is 6.29 Å². The smallest absolute Gasteiger partial charge is 0.231 e. The van der Waals surface area contributed by atoms with Crippen LogP contribution in [0.2, 0.25) is 0 Å². The van der Waals surface area contributed by atoms with E-state index in [0.717, 1.165) is 23.1 Å². The van der Waals surface area contributed by atoms with Crippen molar-refractivity contribution in [3.05, 3.63) is 35.5 Å². The number of aromatic nitrogens is 2. The first-order chi connectivity index (χ1) is 8.70. The van der Waals surface area contributed by atoms with Crippen molar-refractivity contribution in [2.45, 2.75) is 6.42 Å². The Labute approximate surface area is 103 Å². The predicted octanol–water partition coefficient (Wildman–Crippen LogP) is 1.41. The van der Waals surface area contributed by atoms with Gasteiger partial charge in [0, 0.05) is 18.3 Å². The largest absolute Gasteiger partial charge is 0.315 e. The summed E-state index contributed by atoms with van der Waals surface area (Å²) in [5.41, 5.74) is 3.99. The van der Waals surface area contributed by atoms with Crippen molar-refractivity contribution < 1.29 is 9.59 Å². The zero-order chi connectivity index (χ0) is 12.7. The van der Waals surface area contributed by atoms with Crippen molar-refractivity contribution in [2.24, 2.45) is 0 Å². The van der Waals surface area contributed by atoms with Crippen LogP contribution >= 0.6 is 0 Å². The molecule has 2 heterocycles. The number of amides is 1. The summed E-state index contributed by atoms with van der Waals surface area (Å²) in [6.07, 6.45) is 2.67. The number of hydrogen-bond acceptors (Lipinski definition) is 3. The number of carbonyl (C=O) groups is 2. The van der Waals surface area contributed by atoms with Crippen LogP contribution in [0.15, 0.2) is 24.4 Å². The van der Waals surface area contributed by atoms with Gasteiger partial charge < -0.3 is 4.90 Å². The normalized spacial score (nSPS) is 13.8. The molecule has 0 spiro atoms. The van der Waals surface area contributed by atoms with E-state index in [1.54, 1.807) is 11.9 Å². The lowest BCUT2D eigenvalue weighted by molar-refractivity contribution is -0.117. The summed E-state index contributed by atoms with van der Waals surface area (Å²) in [5, 5.41) is 6.67. The minimum Gasteiger partial charge on any atom is -0.315 e. The molecule has 0 fully saturated rings. The summed E-state index contributed by atoms with van der Waals surface area (Å²) in [5.74, 6) is 0.0855. The number of rotatable bonds is 2. The molecule has 0 radical (unpaired) electrons. The first kappa shape index (κ1) is 10.7. The fourth-order valence-corrected chi connectivity index (χ4v) is 2.24. The van der Waals surface area contributed by atoms with Gasteiger partial charge in [-0.05, 0) is 17.7 Å². The molecule has 0 atom stereocenters. The number of aromatic amines is 1. The van der Waals surface area contributed by atoms with Crippen molar-refractivity contribution in [1.82, 2.24) is 10.2 Å². The maximum atomic E-state index is 11.6. The number of carbonyl (C=O) groups excluding carboxylic acids is 2. The standard InChI is InChI=1S/C13H11N3O2/c1-16-11-3-2-8(4-9(11)5-12(16)18)13-10(7-17)6-14-15-13/h2-4,6-7H,5H2,1H3,(H,14,15). The summed E-state index contributed by atoms with van der Waals surface area (Å²) >= 11 is 0. The second kappa shape index (κ2) is 3.80. The Hall–Kier alpha value is -2.43. The zero-order valence-electron chi connectivity index (χ0n) is 9.80. The Morgan fingerprint density at radius 2 is 2.28 bits per heavy atom. The molecule has 1 amide bonds. The first-order valence-electron chi connectivity index (χ1n) is 5.59. The molecule has 1 aliphatic heterocycles. The van der Waals surface area contributed by atoms with E-state index in [4.69, 9.17) is 0 Å². The zero-order valence-corrected chi connectivity index (χ0v) is 9.80. The van der Waals surface area contributed by atoms with Crippen molar-refractivity contribution in [2.75, 3.05) is 11.9 Å². The van der Waals surface area contributed by atoms with Gasteiger partial charge >= 0.3 is 0 Å². The molecule has 1 aromatic heterocycles. The number of H-pyrrole nitrogens is 1. The molecule has 5 heteroatoms. The van der Waals surface area contributed by atoms with E-state index in [2.05, 4.69) is 10.2 Å². The Morgan fingerprint density at radius 3 is 3.06 bits per heavy atom. The molecule has 18 heavy (non-hydrogen) atoms. The van der Waals surface area contributed by atoms with Crippen LogP contribution in [0.1, 0.15) is 15.9 Å². The lowest BCUT2D eigenvalue weighted by atomic mass is 10.0. The van der Waals surface area contributed by atoms with E-state index in [1.807, 2.05) is 18.2 Å². The van der Waals surface area contributed by atoms with Crippen LogP contribution in [0, 0.1) is 0 Å². The summed E-state index contributed by atoms with van der Waals surface area (Å²) in [6, 6.07) is 5.71. The van der Waals surface area contributed by atoms with Crippen LogP contribution in [0.3, 0.4) is 0 Å². The molecule has 0 saturated carbocycles. The lowest BCUT2D eigenvalue weighted by Crippen LogP contribution is -2.20. The maximum Gasteiger partial charge on any atom is 0.231 e. The third kappa shape index (κ3) is 1.44. The van der Waals surface area contributed by atoms with Crippen molar-refractivity contribution in [3.63, 3.8) is 0 Å². The molecule has 0 saturated heterocycles. The minimum atomic E-state index is 0.0855. The second-order valence-corrected chi connectivity index (χ2v) is 4.29. The molecule has 0 unspecified atom stereocenters. The third-order valence-electron chi connectivity index (χ3n) is 3.24. The highest BCUT2D eigenvalue weighted by molar-refractivity contribution is 6.01. The topological polar surface area (TPSA) is 66.1 Å². The van der Waals surface area contributed by atoms with Gasteiger partial charge in [-0.2, -0.15) is 5.10 Å². The number of fused-ring (bicyclic) bond motifs is 1. The molecule has 1 aliphatic rings. The summed E-state index contributed by atoms with van der Waals surface area (Å²) in [4.78, 5) is 24.1. The van der Waals surface area contributed by atoms with Crippen LogP contribution in [-0.2, 0) is 11.2 Å². The Kier molecular flexibility index (Phi) is 2.26. The Balaban J connectivity index is 2.10. The molecular weight excluding hydrogens is 230 g/mol. The fourth-order valence-electron chi connectivity index (χ4n) is 2.24. The summed E-state index contributed by atoms with van der Waals surface area (Å²) < 4.78 is 0. The molecule has 1 aromatic carbocycles. The molecule has 1 N–H and O–H groups in total. The highest BCUT2D eigenvalue weighted by Crippen LogP contribution is 2.32. The van der Waals surface area contributed by atoms with Crippen LogP contribution in [0.5, 0.6) is 0 Å². The van der Waals surface area contributed by atoms with E-state index in [9.17, 15) is 9.59 Å². The summed E-state index contributed by atoms with van der Waals surface area (Å²) in [7, 11) is 1.76. The fraction of sp³-hybridized carbons (Fsp3) is 0.154. The van der Waals surface area contributed by atoms with E-state index in [1.165, 1.54) is 6.20 Å². The summed E-state index contributed by atoms with van der Waals surface area (Å²) in [6.45, 7) is 0. The van der Waals surface area contributed by atoms with E-state index in [0.29, 0.717) is 17.7 Å². The van der Waals surface area contributed by atoms with Gasteiger partial charge in [-0.25, -0.2) is 0 Å². The number of nitrogens with zero attached hydrogens (tertiary/aromatic N) is 2. The SMILES string of the molecule is CN1C(=O)Cc2cc(-c3[nH]ncc3C=O)ccc21. The van der Waals surface area contributed by atoms with E-state index in [-0.39, 0.29) is 5.91 Å². The quantitative estimate of drug-likeness (QED) is 0.808. The monoisotopic (exact) mass is 241 g/mol. The molecule has 90 valence electrons. The first-order valence-corrected chi connectivity index (χ1v) is 5.59. The van der Waals surface area contributed by atoms with Crippen molar-refractivity contribution in [3.8, 4) is 11.3 Å². The lowest BCUT2D eigenvalue weighted by Gasteiger charge is -2.10. The molecule has 2 aromatic rings. The number of hydrogen-bond donors (Lipinski definition) is 1. The third-order valence-corrected chi connectivity index (χ3v) is 3.24. The van der Waals surface area contributed by atoms with Gasteiger partial charge in [-0.15, -0.1) is 0 Å². The molecular formula is C13H11N3O2. The van der Waals surface area contributed by atoms with Gasteiger partial charge in [-0.1, -0.05) is 6.07 Å². The van der Waals surface area contributed by atoms with Crippen LogP contribution in [-0.4, -0.2) is 29.4 Å². The van der Waals surface area contributed by atoms with Gasteiger partial charge in [0.05, 0.1) is 23.9 Å². The number of anilines is 1. The average Bonchev–Trinajstić information content (AvgIpc) is 2.95. The van der Waals surface area contributed by atoms with Crippen LogP contribution in [0.25, 0.3) is 11.3 Å².